The van der Waals surface area contributed by atoms with Crippen LogP contribution in [0.5, 0.6) is 0 Å². The van der Waals surface area contributed by atoms with Gasteiger partial charge in [0.15, 0.2) is 0 Å². The lowest BCUT2D eigenvalue weighted by atomic mass is 10.3. The van der Waals surface area contributed by atoms with Gasteiger partial charge in [-0.2, -0.15) is 5.10 Å². The van der Waals surface area contributed by atoms with E-state index in [-0.39, 0.29) is 5.56 Å². The molecule has 0 saturated carbocycles. The van der Waals surface area contributed by atoms with Gasteiger partial charge in [0.2, 0.25) is 0 Å². The van der Waals surface area contributed by atoms with Gasteiger partial charge in [-0.1, -0.05) is 0 Å². The second-order valence-electron chi connectivity index (χ2n) is 3.44. The SMILES string of the molecule is Cc1ccc(=O)n(Cc2ccc(Br)cn2)n1. The molecule has 5 heteroatoms. The molecular formula is C11H10BrN3O. The Kier molecular flexibility index (Phi) is 3.14. The normalized spacial score (nSPS) is 10.4. The molecule has 2 heterocycles. The summed E-state index contributed by atoms with van der Waals surface area (Å²) >= 11 is 3.31. The van der Waals surface area contributed by atoms with E-state index < -0.39 is 0 Å². The molecule has 0 aromatic carbocycles. The zero-order chi connectivity index (χ0) is 11.5. The van der Waals surface area contributed by atoms with E-state index in [1.54, 1.807) is 12.3 Å². The Morgan fingerprint density at radius 1 is 1.31 bits per heavy atom. The quantitative estimate of drug-likeness (QED) is 0.842. The molecule has 4 nitrogen and oxygen atoms in total. The molecule has 0 radical (unpaired) electrons. The van der Waals surface area contributed by atoms with Crippen LogP contribution in [0.1, 0.15) is 11.4 Å². The number of aromatic nitrogens is 3. The van der Waals surface area contributed by atoms with E-state index in [4.69, 9.17) is 0 Å². The number of pyridine rings is 1. The second-order valence-corrected chi connectivity index (χ2v) is 4.35. The summed E-state index contributed by atoms with van der Waals surface area (Å²) in [7, 11) is 0. The lowest BCUT2D eigenvalue weighted by molar-refractivity contribution is 0.618. The maximum atomic E-state index is 11.5. The Hall–Kier alpha value is -1.49. The van der Waals surface area contributed by atoms with Gasteiger partial charge in [-0.3, -0.25) is 9.78 Å². The zero-order valence-electron chi connectivity index (χ0n) is 8.72. The van der Waals surface area contributed by atoms with Gasteiger partial charge in [0.25, 0.3) is 5.56 Å². The molecule has 0 aliphatic carbocycles. The molecule has 0 N–H and O–H groups in total. The van der Waals surface area contributed by atoms with E-state index in [1.165, 1.54) is 10.7 Å². The van der Waals surface area contributed by atoms with E-state index in [2.05, 4.69) is 26.0 Å². The molecule has 0 saturated heterocycles. The molecule has 82 valence electrons. The molecule has 0 aliphatic rings. The molecule has 0 aliphatic heterocycles. The molecule has 0 amide bonds. The summed E-state index contributed by atoms with van der Waals surface area (Å²) in [4.78, 5) is 15.7. The first kappa shape index (κ1) is 11.0. The van der Waals surface area contributed by atoms with E-state index >= 15 is 0 Å². The number of hydrogen-bond donors (Lipinski definition) is 0. The van der Waals surface area contributed by atoms with Crippen molar-refractivity contribution < 1.29 is 0 Å². The van der Waals surface area contributed by atoms with Crippen molar-refractivity contribution in [3.05, 3.63) is 56.7 Å². The first-order chi connectivity index (χ1) is 7.65. The summed E-state index contributed by atoms with van der Waals surface area (Å²) in [6, 6.07) is 6.97. The highest BCUT2D eigenvalue weighted by atomic mass is 79.9. The third-order valence-electron chi connectivity index (χ3n) is 2.10. The monoisotopic (exact) mass is 279 g/mol. The van der Waals surface area contributed by atoms with Crippen molar-refractivity contribution in [1.29, 1.82) is 0 Å². The maximum Gasteiger partial charge on any atom is 0.267 e. The standard InChI is InChI=1S/C11H10BrN3O/c1-8-2-5-11(16)15(14-8)7-10-4-3-9(12)6-13-10/h2-6H,7H2,1H3. The maximum absolute atomic E-state index is 11.5. The predicted octanol–water partition coefficient (Wildman–Crippen LogP) is 1.76. The molecule has 0 atom stereocenters. The van der Waals surface area contributed by atoms with Crippen LogP contribution in [0.4, 0.5) is 0 Å². The molecule has 0 unspecified atom stereocenters. The Labute approximate surface area is 101 Å². The van der Waals surface area contributed by atoms with Crippen LogP contribution in [0.25, 0.3) is 0 Å². The molecule has 16 heavy (non-hydrogen) atoms. The highest BCUT2D eigenvalue weighted by Crippen LogP contribution is 2.07. The first-order valence-electron chi connectivity index (χ1n) is 4.80. The largest absolute Gasteiger partial charge is 0.268 e. The average Bonchev–Trinajstić information content (AvgIpc) is 2.27. The third kappa shape index (κ3) is 2.55. The number of aryl methyl sites for hydroxylation is 1. The van der Waals surface area contributed by atoms with Gasteiger partial charge in [-0.15, -0.1) is 0 Å². The summed E-state index contributed by atoms with van der Waals surface area (Å²) in [5.41, 5.74) is 1.51. The summed E-state index contributed by atoms with van der Waals surface area (Å²) in [6.45, 7) is 2.25. The van der Waals surface area contributed by atoms with E-state index in [0.717, 1.165) is 15.9 Å². The van der Waals surface area contributed by atoms with Crippen molar-refractivity contribution in [2.75, 3.05) is 0 Å². The van der Waals surface area contributed by atoms with Crippen LogP contribution in [-0.2, 0) is 6.54 Å². The smallest absolute Gasteiger partial charge is 0.267 e. The Balaban J connectivity index is 2.30. The lowest BCUT2D eigenvalue weighted by Gasteiger charge is -2.04. The number of hydrogen-bond acceptors (Lipinski definition) is 3. The fraction of sp³-hybridized carbons (Fsp3) is 0.182. The minimum Gasteiger partial charge on any atom is -0.268 e. The van der Waals surface area contributed by atoms with Crippen LogP contribution >= 0.6 is 15.9 Å². The summed E-state index contributed by atoms with van der Waals surface area (Å²) in [5, 5.41) is 4.14. The fourth-order valence-electron chi connectivity index (χ4n) is 1.32. The highest BCUT2D eigenvalue weighted by Gasteiger charge is 2.00. The zero-order valence-corrected chi connectivity index (χ0v) is 10.3. The van der Waals surface area contributed by atoms with Crippen LogP contribution < -0.4 is 5.56 Å². The predicted molar refractivity (Wildman–Crippen MR) is 64.3 cm³/mol. The molecule has 2 aromatic heterocycles. The highest BCUT2D eigenvalue weighted by molar-refractivity contribution is 9.10. The van der Waals surface area contributed by atoms with Crippen molar-refractivity contribution in [2.45, 2.75) is 13.5 Å². The van der Waals surface area contributed by atoms with E-state index in [0.29, 0.717) is 6.54 Å². The first-order valence-corrected chi connectivity index (χ1v) is 5.59. The van der Waals surface area contributed by atoms with Gasteiger partial charge in [-0.25, -0.2) is 4.68 Å². The molecule has 0 spiro atoms. The second kappa shape index (κ2) is 4.57. The topological polar surface area (TPSA) is 47.8 Å². The van der Waals surface area contributed by atoms with Crippen LogP contribution in [0.15, 0.2) is 39.7 Å². The Morgan fingerprint density at radius 2 is 2.12 bits per heavy atom. The average molecular weight is 280 g/mol. The molecular weight excluding hydrogens is 270 g/mol. The van der Waals surface area contributed by atoms with Crippen molar-refractivity contribution in [3.63, 3.8) is 0 Å². The molecule has 2 rings (SSSR count). The summed E-state index contributed by atoms with van der Waals surface area (Å²) in [6.07, 6.45) is 1.70. The third-order valence-corrected chi connectivity index (χ3v) is 2.57. The van der Waals surface area contributed by atoms with Gasteiger partial charge >= 0.3 is 0 Å². The molecule has 2 aromatic rings. The van der Waals surface area contributed by atoms with Gasteiger partial charge in [0.1, 0.15) is 0 Å². The minimum atomic E-state index is -0.115. The van der Waals surface area contributed by atoms with Gasteiger partial charge in [-0.05, 0) is 41.1 Å². The van der Waals surface area contributed by atoms with Crippen LogP contribution in [0, 0.1) is 6.92 Å². The van der Waals surface area contributed by atoms with Crippen molar-refractivity contribution in [1.82, 2.24) is 14.8 Å². The van der Waals surface area contributed by atoms with Gasteiger partial charge in [0.05, 0.1) is 17.9 Å². The van der Waals surface area contributed by atoms with Crippen LogP contribution in [0.3, 0.4) is 0 Å². The van der Waals surface area contributed by atoms with Crippen molar-refractivity contribution in [3.8, 4) is 0 Å². The van der Waals surface area contributed by atoms with Crippen molar-refractivity contribution >= 4 is 15.9 Å². The summed E-state index contributed by atoms with van der Waals surface area (Å²) in [5.74, 6) is 0. The van der Waals surface area contributed by atoms with E-state index in [1.807, 2.05) is 19.1 Å². The minimum absolute atomic E-state index is 0.115. The van der Waals surface area contributed by atoms with Crippen LogP contribution in [-0.4, -0.2) is 14.8 Å². The Morgan fingerprint density at radius 3 is 2.81 bits per heavy atom. The number of rotatable bonds is 2. The summed E-state index contributed by atoms with van der Waals surface area (Å²) < 4.78 is 2.33. The number of nitrogens with zero attached hydrogens (tertiary/aromatic N) is 3. The van der Waals surface area contributed by atoms with Gasteiger partial charge in [0, 0.05) is 16.7 Å². The van der Waals surface area contributed by atoms with E-state index in [9.17, 15) is 4.79 Å². The molecule has 0 fully saturated rings. The van der Waals surface area contributed by atoms with Gasteiger partial charge < -0.3 is 0 Å². The van der Waals surface area contributed by atoms with Crippen molar-refractivity contribution in [2.24, 2.45) is 0 Å². The molecule has 0 bridgehead atoms. The fourth-order valence-corrected chi connectivity index (χ4v) is 1.55. The Bertz CT molecular complexity index is 548. The number of halogens is 1. The lowest BCUT2D eigenvalue weighted by Crippen LogP contribution is -2.23. The van der Waals surface area contributed by atoms with Crippen LogP contribution in [0.2, 0.25) is 0 Å².